The molecule has 0 saturated carbocycles. The molecule has 30 heavy (non-hydrogen) atoms. The molecule has 152 valence electrons. The quantitative estimate of drug-likeness (QED) is 0.513. The van der Waals surface area contributed by atoms with Crippen LogP contribution in [0.3, 0.4) is 0 Å². The van der Waals surface area contributed by atoms with Crippen LogP contribution in [0.15, 0.2) is 67.0 Å². The molecule has 5 nitrogen and oxygen atoms in total. The molecular formula is C25H27N5. The normalized spacial score (nSPS) is 15.1. The Hall–Kier alpha value is -3.18. The number of aromatic nitrogens is 3. The van der Waals surface area contributed by atoms with E-state index in [0.29, 0.717) is 0 Å². The maximum Gasteiger partial charge on any atom is 0.154 e. The van der Waals surface area contributed by atoms with Crippen LogP contribution in [0.5, 0.6) is 0 Å². The zero-order valence-corrected chi connectivity index (χ0v) is 17.6. The molecule has 1 saturated heterocycles. The van der Waals surface area contributed by atoms with Crippen LogP contribution in [0.25, 0.3) is 16.8 Å². The van der Waals surface area contributed by atoms with Crippen LogP contribution in [0.1, 0.15) is 16.7 Å². The van der Waals surface area contributed by atoms with Crippen LogP contribution in [0, 0.1) is 13.8 Å². The zero-order valence-electron chi connectivity index (χ0n) is 17.6. The monoisotopic (exact) mass is 397 g/mol. The molecule has 5 heteroatoms. The highest BCUT2D eigenvalue weighted by molar-refractivity contribution is 5.75. The second-order valence-corrected chi connectivity index (χ2v) is 8.16. The van der Waals surface area contributed by atoms with Crippen molar-refractivity contribution in [3.8, 4) is 11.3 Å². The minimum Gasteiger partial charge on any atom is -0.352 e. The van der Waals surface area contributed by atoms with Gasteiger partial charge in [-0.05, 0) is 42.7 Å². The lowest BCUT2D eigenvalue weighted by Crippen LogP contribution is -2.46. The van der Waals surface area contributed by atoms with Crippen LogP contribution in [0.2, 0.25) is 0 Å². The third-order valence-corrected chi connectivity index (χ3v) is 6.09. The highest BCUT2D eigenvalue weighted by Gasteiger charge is 2.21. The van der Waals surface area contributed by atoms with Gasteiger partial charge in [-0.3, -0.25) is 4.90 Å². The molecule has 0 unspecified atom stereocenters. The topological polar surface area (TPSA) is 36.7 Å². The largest absolute Gasteiger partial charge is 0.352 e. The summed E-state index contributed by atoms with van der Waals surface area (Å²) in [7, 11) is 0. The van der Waals surface area contributed by atoms with E-state index in [9.17, 15) is 0 Å². The van der Waals surface area contributed by atoms with E-state index < -0.39 is 0 Å². The molecule has 1 aliphatic heterocycles. The molecule has 1 fully saturated rings. The van der Waals surface area contributed by atoms with E-state index in [0.717, 1.165) is 55.3 Å². The van der Waals surface area contributed by atoms with Gasteiger partial charge in [-0.25, -0.2) is 9.50 Å². The van der Waals surface area contributed by atoms with Gasteiger partial charge in [0, 0.05) is 50.7 Å². The fraction of sp³-hybridized carbons (Fsp3) is 0.280. The predicted octanol–water partition coefficient (Wildman–Crippen LogP) is 4.34. The Kier molecular flexibility index (Phi) is 4.97. The highest BCUT2D eigenvalue weighted by Crippen LogP contribution is 2.27. The summed E-state index contributed by atoms with van der Waals surface area (Å²) in [6.45, 7) is 9.33. The summed E-state index contributed by atoms with van der Waals surface area (Å²) in [5, 5.41) is 4.82. The maximum atomic E-state index is 4.82. The molecule has 0 aliphatic carbocycles. The maximum absolute atomic E-state index is 4.82. The number of hydrogen-bond donors (Lipinski definition) is 0. The van der Waals surface area contributed by atoms with Crippen molar-refractivity contribution in [2.45, 2.75) is 20.4 Å². The van der Waals surface area contributed by atoms with Gasteiger partial charge in [0.25, 0.3) is 0 Å². The van der Waals surface area contributed by atoms with Crippen molar-refractivity contribution < 1.29 is 0 Å². The average Bonchev–Trinajstić information content (AvgIpc) is 3.21. The fourth-order valence-corrected chi connectivity index (χ4v) is 4.15. The Labute approximate surface area is 177 Å². The van der Waals surface area contributed by atoms with Gasteiger partial charge in [0.05, 0.1) is 5.69 Å². The second-order valence-electron chi connectivity index (χ2n) is 8.16. The predicted molar refractivity (Wildman–Crippen MR) is 122 cm³/mol. The number of nitrogens with zero attached hydrogens (tertiary/aromatic N) is 5. The summed E-state index contributed by atoms with van der Waals surface area (Å²) in [5.74, 6) is 1.03. The first-order valence-electron chi connectivity index (χ1n) is 10.6. The number of piperazine rings is 1. The Morgan fingerprint density at radius 3 is 2.43 bits per heavy atom. The van der Waals surface area contributed by atoms with Gasteiger partial charge in [0.2, 0.25) is 0 Å². The SMILES string of the molecule is Cc1ccc(-c2cc3c(N4CCN(Cc5ccccc5)CC4)nccn3n2)cc1C. The Balaban J connectivity index is 1.36. The molecule has 1 aliphatic rings. The molecule has 0 spiro atoms. The van der Waals surface area contributed by atoms with E-state index in [1.807, 2.05) is 16.9 Å². The zero-order chi connectivity index (χ0) is 20.5. The van der Waals surface area contributed by atoms with Gasteiger partial charge in [-0.2, -0.15) is 5.10 Å². The molecule has 0 atom stereocenters. The number of aryl methyl sites for hydroxylation is 2. The lowest BCUT2D eigenvalue weighted by molar-refractivity contribution is 0.249. The fourth-order valence-electron chi connectivity index (χ4n) is 4.15. The Bertz CT molecular complexity index is 1160. The molecular weight excluding hydrogens is 370 g/mol. The minimum atomic E-state index is 0.976. The summed E-state index contributed by atoms with van der Waals surface area (Å²) < 4.78 is 1.96. The molecule has 0 bridgehead atoms. The minimum absolute atomic E-state index is 0.976. The van der Waals surface area contributed by atoms with Crippen LogP contribution < -0.4 is 4.90 Å². The smallest absolute Gasteiger partial charge is 0.154 e. The molecule has 0 N–H and O–H groups in total. The molecule has 2 aromatic heterocycles. The summed E-state index contributed by atoms with van der Waals surface area (Å²) in [5.41, 5.74) is 7.19. The van der Waals surface area contributed by atoms with Gasteiger partial charge in [0.1, 0.15) is 5.52 Å². The first-order chi connectivity index (χ1) is 14.7. The van der Waals surface area contributed by atoms with E-state index >= 15 is 0 Å². The number of hydrogen-bond acceptors (Lipinski definition) is 4. The van der Waals surface area contributed by atoms with Gasteiger partial charge < -0.3 is 4.90 Å². The lowest BCUT2D eigenvalue weighted by atomic mass is 10.0. The van der Waals surface area contributed by atoms with Gasteiger partial charge in [0.15, 0.2) is 5.82 Å². The third-order valence-electron chi connectivity index (χ3n) is 6.09. The van der Waals surface area contributed by atoms with E-state index in [1.165, 1.54) is 16.7 Å². The van der Waals surface area contributed by atoms with Gasteiger partial charge in [-0.1, -0.05) is 42.5 Å². The Morgan fingerprint density at radius 2 is 1.67 bits per heavy atom. The Morgan fingerprint density at radius 1 is 0.867 bits per heavy atom. The summed E-state index contributed by atoms with van der Waals surface area (Å²) >= 11 is 0. The van der Waals surface area contributed by atoms with E-state index in [2.05, 4.69) is 78.2 Å². The van der Waals surface area contributed by atoms with E-state index in [1.54, 1.807) is 0 Å². The van der Waals surface area contributed by atoms with Crippen LogP contribution in [-0.2, 0) is 6.54 Å². The van der Waals surface area contributed by atoms with Crippen molar-refractivity contribution in [1.82, 2.24) is 19.5 Å². The molecule has 0 amide bonds. The summed E-state index contributed by atoms with van der Waals surface area (Å²) in [6.07, 6.45) is 3.80. The average molecular weight is 398 g/mol. The van der Waals surface area contributed by atoms with Crippen LogP contribution >= 0.6 is 0 Å². The third kappa shape index (κ3) is 3.68. The van der Waals surface area contributed by atoms with E-state index in [4.69, 9.17) is 10.1 Å². The second kappa shape index (κ2) is 7.92. The summed E-state index contributed by atoms with van der Waals surface area (Å²) in [4.78, 5) is 9.63. The molecule has 0 radical (unpaired) electrons. The van der Waals surface area contributed by atoms with E-state index in [-0.39, 0.29) is 0 Å². The van der Waals surface area contributed by atoms with Crippen molar-refractivity contribution in [1.29, 1.82) is 0 Å². The number of anilines is 1. The van der Waals surface area contributed by atoms with Crippen molar-refractivity contribution in [2.24, 2.45) is 0 Å². The molecule has 2 aromatic carbocycles. The summed E-state index contributed by atoms with van der Waals surface area (Å²) in [6, 6.07) is 19.4. The first kappa shape index (κ1) is 18.8. The highest BCUT2D eigenvalue weighted by atomic mass is 15.3. The van der Waals surface area contributed by atoms with Crippen molar-refractivity contribution in [2.75, 3.05) is 31.1 Å². The van der Waals surface area contributed by atoms with Crippen molar-refractivity contribution in [3.05, 3.63) is 83.7 Å². The molecule has 4 aromatic rings. The molecule has 5 rings (SSSR count). The first-order valence-corrected chi connectivity index (χ1v) is 10.6. The number of fused-ring (bicyclic) bond motifs is 1. The standard InChI is InChI=1S/C25H27N5/c1-19-8-9-22(16-20(19)2)23-17-24-25(26-10-11-30(24)27-23)29-14-12-28(13-15-29)18-21-6-4-3-5-7-21/h3-11,16-17H,12-15,18H2,1-2H3. The van der Waals surface area contributed by atoms with Crippen molar-refractivity contribution >= 4 is 11.3 Å². The van der Waals surface area contributed by atoms with Gasteiger partial charge in [-0.15, -0.1) is 0 Å². The number of benzene rings is 2. The van der Waals surface area contributed by atoms with Crippen molar-refractivity contribution in [3.63, 3.8) is 0 Å². The van der Waals surface area contributed by atoms with Crippen LogP contribution in [0.4, 0.5) is 5.82 Å². The number of rotatable bonds is 4. The molecule has 3 heterocycles. The van der Waals surface area contributed by atoms with Gasteiger partial charge >= 0.3 is 0 Å². The lowest BCUT2D eigenvalue weighted by Gasteiger charge is -2.35. The van der Waals surface area contributed by atoms with Crippen LogP contribution in [-0.4, -0.2) is 45.7 Å².